The third kappa shape index (κ3) is 7.00. The number of ether oxygens (including phenoxy) is 1. The minimum atomic E-state index is -4.53. The van der Waals surface area contributed by atoms with E-state index < -0.39 is 24.7 Å². The van der Waals surface area contributed by atoms with Gasteiger partial charge in [-0.15, -0.1) is 0 Å². The molecule has 1 fully saturated rings. The van der Waals surface area contributed by atoms with Gasteiger partial charge >= 0.3 is 12.2 Å². The number of hydrogen-bond donors (Lipinski definition) is 2. The highest BCUT2D eigenvalue weighted by molar-refractivity contribution is 9.10. The minimum Gasteiger partial charge on any atom is -0.371 e. The molecule has 6 nitrogen and oxygen atoms in total. The average molecular weight is 424 g/mol. The molecule has 25 heavy (non-hydrogen) atoms. The molecule has 0 aliphatic carbocycles. The van der Waals surface area contributed by atoms with Gasteiger partial charge in [0.1, 0.15) is 6.54 Å². The van der Waals surface area contributed by atoms with E-state index in [4.69, 9.17) is 4.74 Å². The lowest BCUT2D eigenvalue weighted by Gasteiger charge is -2.32. The number of benzene rings is 1. The van der Waals surface area contributed by atoms with Gasteiger partial charge in [0.2, 0.25) is 5.91 Å². The van der Waals surface area contributed by atoms with Crippen molar-refractivity contribution in [2.45, 2.75) is 12.3 Å². The molecular formula is C15H17BrF3N3O3. The zero-order valence-electron chi connectivity index (χ0n) is 13.1. The Hall–Kier alpha value is -1.65. The highest BCUT2D eigenvalue weighted by Gasteiger charge is 2.28. The van der Waals surface area contributed by atoms with Crippen LogP contribution in [0.15, 0.2) is 28.7 Å². The van der Waals surface area contributed by atoms with Crippen molar-refractivity contribution >= 4 is 27.9 Å². The van der Waals surface area contributed by atoms with Gasteiger partial charge in [0.25, 0.3) is 0 Å². The number of halogens is 4. The molecule has 1 aromatic carbocycles. The predicted octanol–water partition coefficient (Wildman–Crippen LogP) is 2.21. The quantitative estimate of drug-likeness (QED) is 0.778. The molecule has 2 N–H and O–H groups in total. The van der Waals surface area contributed by atoms with Crippen LogP contribution in [0, 0.1) is 0 Å². The summed E-state index contributed by atoms with van der Waals surface area (Å²) in [5.74, 6) is -0.670. The zero-order chi connectivity index (χ0) is 18.4. The van der Waals surface area contributed by atoms with Crippen molar-refractivity contribution in [1.82, 2.24) is 15.5 Å². The van der Waals surface area contributed by atoms with Crippen molar-refractivity contribution < 1.29 is 27.5 Å². The molecule has 2 rings (SSSR count). The largest absolute Gasteiger partial charge is 0.405 e. The van der Waals surface area contributed by atoms with Crippen molar-refractivity contribution in [3.05, 3.63) is 34.3 Å². The SMILES string of the molecule is O=C(CN1CCOC(c2ccc(Br)cc2)C1)NC(=O)NCC(F)(F)F. The van der Waals surface area contributed by atoms with Crippen LogP contribution in [-0.2, 0) is 9.53 Å². The Balaban J connectivity index is 1.80. The van der Waals surface area contributed by atoms with Gasteiger partial charge in [-0.2, -0.15) is 13.2 Å². The molecule has 0 saturated carbocycles. The van der Waals surface area contributed by atoms with Crippen LogP contribution in [0.4, 0.5) is 18.0 Å². The second kappa shape index (κ2) is 8.63. The van der Waals surface area contributed by atoms with Crippen LogP contribution in [0.3, 0.4) is 0 Å². The lowest BCUT2D eigenvalue weighted by molar-refractivity contribution is -0.126. The number of nitrogens with zero attached hydrogens (tertiary/aromatic N) is 1. The number of carbonyl (C=O) groups excluding carboxylic acids is 2. The summed E-state index contributed by atoms with van der Waals surface area (Å²) < 4.78 is 42.6. The van der Waals surface area contributed by atoms with Crippen LogP contribution in [0.2, 0.25) is 0 Å². The highest BCUT2D eigenvalue weighted by atomic mass is 79.9. The van der Waals surface area contributed by atoms with E-state index in [1.807, 2.05) is 29.6 Å². The number of hydrogen-bond acceptors (Lipinski definition) is 4. The van der Waals surface area contributed by atoms with E-state index in [0.29, 0.717) is 19.7 Å². The number of carbonyl (C=O) groups is 2. The summed E-state index contributed by atoms with van der Waals surface area (Å²) in [6.45, 7) is -0.247. The Labute approximate surface area is 150 Å². The van der Waals surface area contributed by atoms with Crippen molar-refractivity contribution in [3.8, 4) is 0 Å². The van der Waals surface area contributed by atoms with Gasteiger partial charge in [-0.25, -0.2) is 4.79 Å². The molecular weight excluding hydrogens is 407 g/mol. The van der Waals surface area contributed by atoms with Gasteiger partial charge in [0.15, 0.2) is 0 Å². The first kappa shape index (κ1) is 19.7. The van der Waals surface area contributed by atoms with Gasteiger partial charge in [-0.3, -0.25) is 15.0 Å². The van der Waals surface area contributed by atoms with Crippen LogP contribution in [-0.4, -0.2) is 55.8 Å². The molecule has 138 valence electrons. The summed E-state index contributed by atoms with van der Waals surface area (Å²) in [4.78, 5) is 24.8. The molecule has 1 heterocycles. The first-order chi connectivity index (χ1) is 11.7. The molecule has 0 aromatic heterocycles. The van der Waals surface area contributed by atoms with E-state index in [1.165, 1.54) is 0 Å². The standard InChI is InChI=1S/C15H17BrF3N3O3/c16-11-3-1-10(2-4-11)12-7-22(5-6-25-12)8-13(23)21-14(24)20-9-15(17,18)19/h1-4,12H,5-9H2,(H2,20,21,23,24). The number of rotatable bonds is 4. The van der Waals surface area contributed by atoms with Crippen molar-refractivity contribution in [2.24, 2.45) is 0 Å². The molecule has 0 spiro atoms. The summed E-state index contributed by atoms with van der Waals surface area (Å²) in [5.41, 5.74) is 0.955. The van der Waals surface area contributed by atoms with Crippen molar-refractivity contribution in [3.63, 3.8) is 0 Å². The van der Waals surface area contributed by atoms with Crippen LogP contribution >= 0.6 is 15.9 Å². The molecule has 1 aromatic rings. The van der Waals surface area contributed by atoms with E-state index >= 15 is 0 Å². The van der Waals surface area contributed by atoms with Crippen LogP contribution < -0.4 is 10.6 Å². The first-order valence-corrected chi connectivity index (χ1v) is 8.26. The smallest absolute Gasteiger partial charge is 0.371 e. The fraction of sp³-hybridized carbons (Fsp3) is 0.467. The van der Waals surface area contributed by atoms with E-state index in [-0.39, 0.29) is 12.6 Å². The Bertz CT molecular complexity index is 610. The molecule has 3 amide bonds. The van der Waals surface area contributed by atoms with Crippen molar-refractivity contribution in [1.29, 1.82) is 0 Å². The Kier molecular flexibility index (Phi) is 6.79. The first-order valence-electron chi connectivity index (χ1n) is 7.47. The van der Waals surface area contributed by atoms with Gasteiger partial charge in [0.05, 0.1) is 19.3 Å². The molecule has 1 aliphatic heterocycles. The van der Waals surface area contributed by atoms with E-state index in [2.05, 4.69) is 15.9 Å². The van der Waals surface area contributed by atoms with Crippen molar-refractivity contribution in [2.75, 3.05) is 32.8 Å². The van der Waals surface area contributed by atoms with Crippen LogP contribution in [0.25, 0.3) is 0 Å². The second-order valence-corrected chi connectivity index (χ2v) is 6.41. The maximum Gasteiger partial charge on any atom is 0.405 e. The van der Waals surface area contributed by atoms with Gasteiger partial charge in [0, 0.05) is 17.6 Å². The second-order valence-electron chi connectivity index (χ2n) is 5.49. The van der Waals surface area contributed by atoms with Gasteiger partial charge in [-0.05, 0) is 17.7 Å². The van der Waals surface area contributed by atoms with E-state index in [1.54, 1.807) is 10.2 Å². The molecule has 0 bridgehead atoms. The summed E-state index contributed by atoms with van der Waals surface area (Å²) >= 11 is 3.35. The van der Waals surface area contributed by atoms with Crippen LogP contribution in [0.1, 0.15) is 11.7 Å². The van der Waals surface area contributed by atoms with E-state index in [9.17, 15) is 22.8 Å². The minimum absolute atomic E-state index is 0.101. The normalized spacial score (nSPS) is 18.6. The zero-order valence-corrected chi connectivity index (χ0v) is 14.7. The average Bonchev–Trinajstić information content (AvgIpc) is 2.53. The molecule has 0 radical (unpaired) electrons. The number of amides is 3. The summed E-state index contributed by atoms with van der Waals surface area (Å²) in [6, 6.07) is 6.41. The molecule has 10 heteroatoms. The van der Waals surface area contributed by atoms with Gasteiger partial charge in [-0.1, -0.05) is 28.1 Å². The number of imide groups is 1. The molecule has 1 saturated heterocycles. The number of nitrogens with one attached hydrogen (secondary N) is 2. The maximum absolute atomic E-state index is 12.0. The number of alkyl halides is 3. The highest BCUT2D eigenvalue weighted by Crippen LogP contribution is 2.23. The summed E-state index contributed by atoms with van der Waals surface area (Å²) in [7, 11) is 0. The lowest BCUT2D eigenvalue weighted by atomic mass is 10.1. The fourth-order valence-electron chi connectivity index (χ4n) is 2.32. The summed E-state index contributed by atoms with van der Waals surface area (Å²) in [5, 5.41) is 3.47. The number of urea groups is 1. The number of morpholine rings is 1. The molecule has 1 aliphatic rings. The van der Waals surface area contributed by atoms with E-state index in [0.717, 1.165) is 10.0 Å². The topological polar surface area (TPSA) is 70.7 Å². The monoisotopic (exact) mass is 423 g/mol. The Morgan fingerprint density at radius 1 is 1.28 bits per heavy atom. The van der Waals surface area contributed by atoms with Crippen LogP contribution in [0.5, 0.6) is 0 Å². The predicted molar refractivity (Wildman–Crippen MR) is 86.9 cm³/mol. The summed E-state index contributed by atoms with van der Waals surface area (Å²) in [6.07, 6.45) is -4.74. The Morgan fingerprint density at radius 3 is 2.60 bits per heavy atom. The Morgan fingerprint density at radius 2 is 1.96 bits per heavy atom. The molecule has 1 unspecified atom stereocenters. The lowest BCUT2D eigenvalue weighted by Crippen LogP contribution is -2.48. The third-order valence-electron chi connectivity index (χ3n) is 3.46. The molecule has 1 atom stereocenters. The fourth-order valence-corrected chi connectivity index (χ4v) is 2.58. The van der Waals surface area contributed by atoms with Gasteiger partial charge < -0.3 is 10.1 Å². The maximum atomic E-state index is 12.0. The third-order valence-corrected chi connectivity index (χ3v) is 3.99.